The number of hydrogen-bond donors (Lipinski definition) is 2. The molecule has 0 spiro atoms. The highest BCUT2D eigenvalue weighted by molar-refractivity contribution is 5.75. The summed E-state index contributed by atoms with van der Waals surface area (Å²) in [5.41, 5.74) is 5.63. The molecule has 6 heteroatoms. The predicted octanol–water partition coefficient (Wildman–Crippen LogP) is 1.09. The van der Waals surface area contributed by atoms with Crippen LogP contribution in [-0.4, -0.2) is 46.8 Å². The lowest BCUT2D eigenvalue weighted by atomic mass is 9.75. The van der Waals surface area contributed by atoms with E-state index in [2.05, 4.69) is 36.3 Å². The number of nitrogens with one attached hydrogen (secondary N) is 1. The molecule has 3 N–H and O–H groups in total. The van der Waals surface area contributed by atoms with Crippen molar-refractivity contribution in [3.05, 3.63) is 12.3 Å². The average Bonchev–Trinajstić information content (AvgIpc) is 2.81. The average molecular weight is 293 g/mol. The van der Waals surface area contributed by atoms with Crippen LogP contribution in [0.4, 0.5) is 5.82 Å². The monoisotopic (exact) mass is 293 g/mol. The van der Waals surface area contributed by atoms with Gasteiger partial charge in [-0.15, -0.1) is 0 Å². The number of hydrogen-bond acceptors (Lipinski definition) is 4. The first-order valence-corrected chi connectivity index (χ1v) is 7.64. The maximum Gasteiger partial charge on any atom is 0.241 e. The summed E-state index contributed by atoms with van der Waals surface area (Å²) in [5.74, 6) is 1.13. The second kappa shape index (κ2) is 6.47. The lowest BCUT2D eigenvalue weighted by Gasteiger charge is -2.45. The van der Waals surface area contributed by atoms with E-state index in [9.17, 15) is 4.79 Å². The van der Waals surface area contributed by atoms with Gasteiger partial charge in [-0.2, -0.15) is 5.10 Å². The minimum atomic E-state index is -0.0162. The molecule has 1 aliphatic carbocycles. The summed E-state index contributed by atoms with van der Waals surface area (Å²) in [6.45, 7) is 3.21. The van der Waals surface area contributed by atoms with Crippen LogP contribution in [0.5, 0.6) is 0 Å². The van der Waals surface area contributed by atoms with E-state index < -0.39 is 0 Å². The summed E-state index contributed by atoms with van der Waals surface area (Å²) >= 11 is 0. The quantitative estimate of drug-likeness (QED) is 0.852. The fraction of sp³-hybridized carbons (Fsp3) is 0.733. The maximum atomic E-state index is 12.1. The SMILES string of the molecule is CC1CCCC(CNC(=O)Cn2ccc(N)n2)(N(C)C)C1. The Balaban J connectivity index is 1.91. The Morgan fingerprint density at radius 1 is 1.62 bits per heavy atom. The summed E-state index contributed by atoms with van der Waals surface area (Å²) in [6.07, 6.45) is 6.51. The molecule has 2 atom stereocenters. The first-order chi connectivity index (χ1) is 9.91. The highest BCUT2D eigenvalue weighted by Crippen LogP contribution is 2.35. The van der Waals surface area contributed by atoms with Gasteiger partial charge >= 0.3 is 0 Å². The van der Waals surface area contributed by atoms with Crippen molar-refractivity contribution in [2.75, 3.05) is 26.4 Å². The van der Waals surface area contributed by atoms with Crippen LogP contribution in [0.25, 0.3) is 0 Å². The van der Waals surface area contributed by atoms with Gasteiger partial charge in [0.05, 0.1) is 0 Å². The summed E-state index contributed by atoms with van der Waals surface area (Å²) in [6, 6.07) is 1.69. The molecule has 1 aromatic heterocycles. The van der Waals surface area contributed by atoms with E-state index in [-0.39, 0.29) is 18.0 Å². The number of nitrogens with two attached hydrogens (primary N) is 1. The van der Waals surface area contributed by atoms with Gasteiger partial charge in [-0.05, 0) is 38.9 Å². The summed E-state index contributed by atoms with van der Waals surface area (Å²) in [7, 11) is 4.22. The number of nitrogen functional groups attached to an aromatic ring is 1. The molecule has 1 aliphatic rings. The molecule has 1 fully saturated rings. The van der Waals surface area contributed by atoms with Crippen LogP contribution in [0.2, 0.25) is 0 Å². The van der Waals surface area contributed by atoms with E-state index >= 15 is 0 Å². The third-order valence-electron chi connectivity index (χ3n) is 4.60. The second-order valence-corrected chi connectivity index (χ2v) is 6.54. The molecule has 0 aliphatic heterocycles. The molecule has 1 heterocycles. The number of rotatable bonds is 5. The Hall–Kier alpha value is -1.56. The van der Waals surface area contributed by atoms with Crippen LogP contribution in [0.15, 0.2) is 12.3 Å². The lowest BCUT2D eigenvalue weighted by molar-refractivity contribution is -0.122. The maximum absolute atomic E-state index is 12.1. The van der Waals surface area contributed by atoms with Gasteiger partial charge in [-0.3, -0.25) is 9.48 Å². The normalized spacial score (nSPS) is 26.0. The highest BCUT2D eigenvalue weighted by Gasteiger charge is 2.37. The van der Waals surface area contributed by atoms with E-state index in [1.165, 1.54) is 12.8 Å². The Labute approximate surface area is 126 Å². The Morgan fingerprint density at radius 2 is 2.38 bits per heavy atom. The van der Waals surface area contributed by atoms with E-state index in [4.69, 9.17) is 5.73 Å². The van der Waals surface area contributed by atoms with Gasteiger partial charge in [0.1, 0.15) is 12.4 Å². The standard InChI is InChI=1S/C15H27N5O/c1-12-5-4-7-15(9-12,19(2)3)11-17-14(21)10-20-8-6-13(16)18-20/h6,8,12H,4-5,7,9-11H2,1-3H3,(H2,16,18)(H,17,21). The van der Waals surface area contributed by atoms with Gasteiger partial charge in [0.2, 0.25) is 5.91 Å². The van der Waals surface area contributed by atoms with Crippen LogP contribution in [0.3, 0.4) is 0 Å². The van der Waals surface area contributed by atoms with E-state index in [1.54, 1.807) is 16.9 Å². The minimum Gasteiger partial charge on any atom is -0.382 e. The lowest BCUT2D eigenvalue weighted by Crippen LogP contribution is -2.55. The Bertz CT molecular complexity index is 484. The molecule has 0 bridgehead atoms. The third-order valence-corrected chi connectivity index (χ3v) is 4.60. The van der Waals surface area contributed by atoms with Crippen LogP contribution < -0.4 is 11.1 Å². The van der Waals surface area contributed by atoms with Gasteiger partial charge in [0.15, 0.2) is 0 Å². The molecule has 0 radical (unpaired) electrons. The number of amides is 1. The summed E-state index contributed by atoms with van der Waals surface area (Å²) in [4.78, 5) is 14.4. The first-order valence-electron chi connectivity index (χ1n) is 7.64. The van der Waals surface area contributed by atoms with Crippen LogP contribution in [0, 0.1) is 5.92 Å². The van der Waals surface area contributed by atoms with Crippen molar-refractivity contribution in [1.29, 1.82) is 0 Å². The van der Waals surface area contributed by atoms with Crippen molar-refractivity contribution >= 4 is 11.7 Å². The number of anilines is 1. The smallest absolute Gasteiger partial charge is 0.241 e. The molecule has 21 heavy (non-hydrogen) atoms. The molecular formula is C15H27N5O. The molecule has 118 valence electrons. The zero-order valence-corrected chi connectivity index (χ0v) is 13.3. The van der Waals surface area contributed by atoms with Gasteiger partial charge < -0.3 is 16.0 Å². The van der Waals surface area contributed by atoms with Crippen molar-refractivity contribution in [2.24, 2.45) is 5.92 Å². The number of nitrogens with zero attached hydrogens (tertiary/aromatic N) is 3. The first kappa shape index (κ1) is 15.8. The Morgan fingerprint density at radius 3 is 2.95 bits per heavy atom. The molecule has 1 aromatic rings. The minimum absolute atomic E-state index is 0.0162. The number of carbonyl (C=O) groups excluding carboxylic acids is 1. The summed E-state index contributed by atoms with van der Waals surface area (Å²) < 4.78 is 1.57. The van der Waals surface area contributed by atoms with E-state index in [0.717, 1.165) is 12.8 Å². The van der Waals surface area contributed by atoms with Crippen molar-refractivity contribution in [2.45, 2.75) is 44.7 Å². The van der Waals surface area contributed by atoms with Gasteiger partial charge in [-0.1, -0.05) is 19.8 Å². The van der Waals surface area contributed by atoms with E-state index in [0.29, 0.717) is 18.3 Å². The topological polar surface area (TPSA) is 76.2 Å². The molecular weight excluding hydrogens is 266 g/mol. The zero-order chi connectivity index (χ0) is 15.5. The molecule has 0 aromatic carbocycles. The fourth-order valence-electron chi connectivity index (χ4n) is 3.29. The molecule has 1 saturated carbocycles. The van der Waals surface area contributed by atoms with Crippen LogP contribution in [-0.2, 0) is 11.3 Å². The molecule has 1 amide bonds. The Kier molecular flexibility index (Phi) is 4.88. The molecule has 6 nitrogen and oxygen atoms in total. The number of likely N-dealkylation sites (N-methyl/N-ethyl adjacent to an activating group) is 1. The number of carbonyl (C=O) groups is 1. The predicted molar refractivity (Wildman–Crippen MR) is 83.7 cm³/mol. The largest absolute Gasteiger partial charge is 0.382 e. The van der Waals surface area contributed by atoms with Gasteiger partial charge in [0.25, 0.3) is 0 Å². The van der Waals surface area contributed by atoms with Crippen molar-refractivity contribution in [3.63, 3.8) is 0 Å². The molecule has 0 saturated heterocycles. The van der Waals surface area contributed by atoms with Crippen molar-refractivity contribution in [1.82, 2.24) is 20.0 Å². The third kappa shape index (κ3) is 3.97. The van der Waals surface area contributed by atoms with E-state index in [1.807, 2.05) is 0 Å². The zero-order valence-electron chi connectivity index (χ0n) is 13.3. The molecule has 2 unspecified atom stereocenters. The van der Waals surface area contributed by atoms with Crippen molar-refractivity contribution < 1.29 is 4.79 Å². The molecule has 2 rings (SSSR count). The fourth-order valence-corrected chi connectivity index (χ4v) is 3.29. The van der Waals surface area contributed by atoms with Gasteiger partial charge in [-0.25, -0.2) is 0 Å². The van der Waals surface area contributed by atoms with Crippen molar-refractivity contribution in [3.8, 4) is 0 Å². The number of aromatic nitrogens is 2. The van der Waals surface area contributed by atoms with Crippen LogP contribution in [0.1, 0.15) is 32.6 Å². The second-order valence-electron chi connectivity index (χ2n) is 6.54. The van der Waals surface area contributed by atoms with Gasteiger partial charge in [0, 0.05) is 18.3 Å². The highest BCUT2D eigenvalue weighted by atomic mass is 16.2. The van der Waals surface area contributed by atoms with Crippen LogP contribution >= 0.6 is 0 Å². The summed E-state index contributed by atoms with van der Waals surface area (Å²) in [5, 5.41) is 7.10.